The summed E-state index contributed by atoms with van der Waals surface area (Å²) in [5, 5.41) is 0. The number of aryl methyl sites for hydroxylation is 1. The molecule has 1 aliphatic rings. The lowest BCUT2D eigenvalue weighted by Crippen LogP contribution is -2.27. The molecule has 1 heterocycles. The highest BCUT2D eigenvalue weighted by atomic mass is 32.2. The largest absolute Gasteiger partial charge is 0.496 e. The Labute approximate surface area is 136 Å². The fourth-order valence-electron chi connectivity index (χ4n) is 2.61. The molecule has 0 unspecified atom stereocenters. The predicted molar refractivity (Wildman–Crippen MR) is 87.1 cm³/mol. The maximum atomic E-state index is 12.4. The molecular weight excluding hydrogens is 314 g/mol. The second kappa shape index (κ2) is 6.33. The van der Waals surface area contributed by atoms with Crippen molar-refractivity contribution in [3.8, 4) is 5.75 Å². The van der Waals surface area contributed by atoms with Gasteiger partial charge in [-0.15, -0.1) is 0 Å². The van der Waals surface area contributed by atoms with Gasteiger partial charge >= 0.3 is 0 Å². The zero-order valence-electron chi connectivity index (χ0n) is 13.3. The maximum Gasteiger partial charge on any atom is 0.240 e. The number of aromatic nitrogens is 2. The van der Waals surface area contributed by atoms with Gasteiger partial charge in [-0.3, -0.25) is 0 Å². The number of ether oxygens (including phenoxy) is 1. The SMILES string of the molecule is COc1ccc(S(=O)(=O)NCCn2ccnc2C2CC2)cc1C. The van der Waals surface area contributed by atoms with Gasteiger partial charge in [-0.1, -0.05) is 0 Å². The Hall–Kier alpha value is -1.86. The van der Waals surface area contributed by atoms with Gasteiger partial charge in [0.1, 0.15) is 11.6 Å². The third-order valence-corrected chi connectivity index (χ3v) is 5.47. The van der Waals surface area contributed by atoms with Gasteiger partial charge in [0.15, 0.2) is 0 Å². The number of nitrogens with zero attached hydrogens (tertiary/aromatic N) is 2. The van der Waals surface area contributed by atoms with Crippen LogP contribution in [-0.2, 0) is 16.6 Å². The van der Waals surface area contributed by atoms with E-state index in [4.69, 9.17) is 4.74 Å². The molecule has 6 nitrogen and oxygen atoms in total. The molecule has 0 radical (unpaired) electrons. The minimum Gasteiger partial charge on any atom is -0.496 e. The second-order valence-electron chi connectivity index (χ2n) is 5.78. The number of benzene rings is 1. The molecule has 0 aliphatic heterocycles. The maximum absolute atomic E-state index is 12.4. The van der Waals surface area contributed by atoms with Crippen molar-refractivity contribution in [3.63, 3.8) is 0 Å². The first kappa shape index (κ1) is 16.0. The van der Waals surface area contributed by atoms with Crippen LogP contribution in [0.3, 0.4) is 0 Å². The van der Waals surface area contributed by atoms with E-state index in [1.165, 1.54) is 12.8 Å². The lowest BCUT2D eigenvalue weighted by Gasteiger charge is -2.11. The number of imidazole rings is 1. The van der Waals surface area contributed by atoms with E-state index in [1.54, 1.807) is 31.5 Å². The fraction of sp³-hybridized carbons (Fsp3) is 0.438. The minimum absolute atomic E-state index is 0.254. The molecule has 2 aromatic rings. The third kappa shape index (κ3) is 3.56. The number of methoxy groups -OCH3 is 1. The first-order chi connectivity index (χ1) is 11.0. The Balaban J connectivity index is 1.64. The first-order valence-corrected chi connectivity index (χ1v) is 9.15. The van der Waals surface area contributed by atoms with Crippen LogP contribution in [0.2, 0.25) is 0 Å². The molecule has 0 bridgehead atoms. The van der Waals surface area contributed by atoms with Crippen LogP contribution in [0.15, 0.2) is 35.5 Å². The third-order valence-electron chi connectivity index (χ3n) is 4.01. The fourth-order valence-corrected chi connectivity index (χ4v) is 3.72. The molecule has 0 atom stereocenters. The average Bonchev–Trinajstić information content (AvgIpc) is 3.26. The minimum atomic E-state index is -3.52. The Bertz CT molecular complexity index is 795. The van der Waals surface area contributed by atoms with E-state index in [2.05, 4.69) is 9.71 Å². The lowest BCUT2D eigenvalue weighted by atomic mass is 10.2. The number of nitrogens with one attached hydrogen (secondary N) is 1. The van der Waals surface area contributed by atoms with Crippen LogP contribution in [0.1, 0.15) is 30.1 Å². The van der Waals surface area contributed by atoms with Crippen LogP contribution < -0.4 is 9.46 Å². The van der Waals surface area contributed by atoms with E-state index in [0.29, 0.717) is 24.8 Å². The predicted octanol–water partition coefficient (Wildman–Crippen LogP) is 2.06. The molecule has 124 valence electrons. The van der Waals surface area contributed by atoms with Crippen molar-refractivity contribution in [2.75, 3.05) is 13.7 Å². The highest BCUT2D eigenvalue weighted by molar-refractivity contribution is 7.89. The van der Waals surface area contributed by atoms with Crippen LogP contribution in [0.4, 0.5) is 0 Å². The molecule has 7 heteroatoms. The van der Waals surface area contributed by atoms with Crippen LogP contribution in [0, 0.1) is 6.92 Å². The van der Waals surface area contributed by atoms with Crippen LogP contribution in [-0.4, -0.2) is 31.6 Å². The molecule has 1 fully saturated rings. The molecule has 23 heavy (non-hydrogen) atoms. The lowest BCUT2D eigenvalue weighted by molar-refractivity contribution is 0.411. The van der Waals surface area contributed by atoms with Crippen molar-refractivity contribution in [3.05, 3.63) is 42.0 Å². The summed E-state index contributed by atoms with van der Waals surface area (Å²) in [5.41, 5.74) is 0.793. The van der Waals surface area contributed by atoms with Gasteiger partial charge in [-0.05, 0) is 43.5 Å². The molecule has 0 saturated heterocycles. The van der Waals surface area contributed by atoms with Gasteiger partial charge < -0.3 is 9.30 Å². The summed E-state index contributed by atoms with van der Waals surface area (Å²) in [6.07, 6.45) is 6.02. The molecule has 1 aromatic carbocycles. The van der Waals surface area contributed by atoms with Crippen molar-refractivity contribution in [2.24, 2.45) is 0 Å². The van der Waals surface area contributed by atoms with Gasteiger partial charge in [0.05, 0.1) is 12.0 Å². The number of hydrogen-bond acceptors (Lipinski definition) is 4. The van der Waals surface area contributed by atoms with E-state index in [1.807, 2.05) is 17.7 Å². The zero-order valence-corrected chi connectivity index (χ0v) is 14.1. The van der Waals surface area contributed by atoms with Crippen molar-refractivity contribution in [2.45, 2.75) is 37.1 Å². The summed E-state index contributed by atoms with van der Waals surface area (Å²) in [5.74, 6) is 2.28. The normalized spacial score (nSPS) is 14.9. The van der Waals surface area contributed by atoms with Gasteiger partial charge in [0.25, 0.3) is 0 Å². The quantitative estimate of drug-likeness (QED) is 0.840. The average molecular weight is 335 g/mol. The standard InChI is InChI=1S/C16H21N3O3S/c1-12-11-14(5-6-15(12)22-2)23(20,21)18-8-10-19-9-7-17-16(19)13-3-4-13/h5-7,9,11,13,18H,3-4,8,10H2,1-2H3. The zero-order chi connectivity index (χ0) is 16.4. The molecule has 1 aliphatic carbocycles. The second-order valence-corrected chi connectivity index (χ2v) is 7.55. The summed E-state index contributed by atoms with van der Waals surface area (Å²) in [6, 6.07) is 4.85. The van der Waals surface area contributed by atoms with Crippen LogP contribution in [0.25, 0.3) is 0 Å². The van der Waals surface area contributed by atoms with Gasteiger partial charge in [-0.2, -0.15) is 0 Å². The van der Waals surface area contributed by atoms with Gasteiger partial charge in [0, 0.05) is 31.4 Å². The van der Waals surface area contributed by atoms with Crippen molar-refractivity contribution in [1.29, 1.82) is 0 Å². The van der Waals surface area contributed by atoms with E-state index < -0.39 is 10.0 Å². The van der Waals surface area contributed by atoms with Crippen LogP contribution in [0.5, 0.6) is 5.75 Å². The van der Waals surface area contributed by atoms with Crippen LogP contribution >= 0.6 is 0 Å². The topological polar surface area (TPSA) is 73.2 Å². The Morgan fingerprint density at radius 2 is 2.17 bits per heavy atom. The first-order valence-electron chi connectivity index (χ1n) is 7.66. The van der Waals surface area contributed by atoms with Crippen molar-refractivity contribution >= 4 is 10.0 Å². The number of rotatable bonds is 7. The summed E-state index contributed by atoms with van der Waals surface area (Å²) in [4.78, 5) is 4.61. The molecule has 0 amide bonds. The van der Waals surface area contributed by atoms with Crippen molar-refractivity contribution < 1.29 is 13.2 Å². The van der Waals surface area contributed by atoms with Gasteiger partial charge in [0.2, 0.25) is 10.0 Å². The molecule has 1 N–H and O–H groups in total. The Morgan fingerprint density at radius 1 is 1.39 bits per heavy atom. The van der Waals surface area contributed by atoms with E-state index in [0.717, 1.165) is 11.4 Å². The summed E-state index contributed by atoms with van der Waals surface area (Å²) >= 11 is 0. The van der Waals surface area contributed by atoms with E-state index >= 15 is 0 Å². The Morgan fingerprint density at radius 3 is 2.83 bits per heavy atom. The molecule has 1 aromatic heterocycles. The van der Waals surface area contributed by atoms with Gasteiger partial charge in [-0.25, -0.2) is 18.1 Å². The summed E-state index contributed by atoms with van der Waals surface area (Å²) in [7, 11) is -1.95. The monoisotopic (exact) mass is 335 g/mol. The smallest absolute Gasteiger partial charge is 0.240 e. The van der Waals surface area contributed by atoms with E-state index in [-0.39, 0.29) is 4.90 Å². The Kier molecular flexibility index (Phi) is 4.41. The highest BCUT2D eigenvalue weighted by Gasteiger charge is 2.27. The summed E-state index contributed by atoms with van der Waals surface area (Å²) < 4.78 is 34.6. The van der Waals surface area contributed by atoms with E-state index in [9.17, 15) is 8.42 Å². The molecule has 0 spiro atoms. The molecule has 1 saturated carbocycles. The summed E-state index contributed by atoms with van der Waals surface area (Å²) in [6.45, 7) is 2.74. The molecule has 3 rings (SSSR count). The molecular formula is C16H21N3O3S. The number of sulfonamides is 1. The number of hydrogen-bond donors (Lipinski definition) is 1. The van der Waals surface area contributed by atoms with Crippen molar-refractivity contribution in [1.82, 2.24) is 14.3 Å². The highest BCUT2D eigenvalue weighted by Crippen LogP contribution is 2.38.